The molecule has 35 heavy (non-hydrogen) atoms. The lowest BCUT2D eigenvalue weighted by molar-refractivity contribution is 0.0636. The summed E-state index contributed by atoms with van der Waals surface area (Å²) < 4.78 is 31.1. The Morgan fingerprint density at radius 2 is 1.60 bits per heavy atom. The van der Waals surface area contributed by atoms with Crippen molar-refractivity contribution in [1.82, 2.24) is 14.5 Å². The van der Waals surface area contributed by atoms with Crippen molar-refractivity contribution in [2.75, 3.05) is 26.0 Å². The van der Waals surface area contributed by atoms with Crippen molar-refractivity contribution in [2.45, 2.75) is 40.3 Å². The molecule has 3 aromatic rings. The Balaban J connectivity index is 1.46. The highest BCUT2D eigenvalue weighted by Crippen LogP contribution is 2.48. The van der Waals surface area contributed by atoms with Gasteiger partial charge in [-0.05, 0) is 51.5 Å². The van der Waals surface area contributed by atoms with Crippen molar-refractivity contribution in [3.05, 3.63) is 59.4 Å². The van der Waals surface area contributed by atoms with Crippen LogP contribution >= 0.6 is 7.60 Å². The van der Waals surface area contributed by atoms with Crippen LogP contribution < -0.4 is 4.74 Å². The lowest BCUT2D eigenvalue weighted by Gasteiger charge is -2.17. The van der Waals surface area contributed by atoms with Crippen LogP contribution in [0.15, 0.2) is 42.5 Å². The van der Waals surface area contributed by atoms with E-state index < -0.39 is 7.60 Å². The molecule has 0 unspecified atom stereocenters. The topological polar surface area (TPSA) is 100.0 Å². The molecular weight excluding hydrogens is 469 g/mol. The Labute approximate surface area is 204 Å². The van der Waals surface area contributed by atoms with Crippen molar-refractivity contribution in [1.29, 1.82) is 0 Å². The van der Waals surface area contributed by atoms with Crippen LogP contribution in [0, 0.1) is 0 Å². The van der Waals surface area contributed by atoms with E-state index in [4.69, 9.17) is 13.8 Å². The lowest BCUT2D eigenvalue weighted by Crippen LogP contribution is -2.30. The highest BCUT2D eigenvalue weighted by Gasteiger charge is 2.36. The fourth-order valence-electron chi connectivity index (χ4n) is 4.25. The number of hydrogen-bond acceptors (Lipinski definition) is 7. The molecular formula is C25H30N3O6P. The van der Waals surface area contributed by atoms with E-state index in [-0.39, 0.29) is 24.5 Å². The van der Waals surface area contributed by atoms with E-state index in [1.54, 1.807) is 38.1 Å². The van der Waals surface area contributed by atoms with Crippen LogP contribution in [0.1, 0.15) is 53.7 Å². The lowest BCUT2D eigenvalue weighted by atomic mass is 10.1. The van der Waals surface area contributed by atoms with E-state index >= 15 is 0 Å². The van der Waals surface area contributed by atoms with Gasteiger partial charge in [0.2, 0.25) is 0 Å². The number of imide groups is 1. The van der Waals surface area contributed by atoms with E-state index in [0.29, 0.717) is 55.5 Å². The van der Waals surface area contributed by atoms with E-state index in [0.717, 1.165) is 11.0 Å². The smallest absolute Gasteiger partial charge is 0.330 e. The number of amides is 2. The first kappa shape index (κ1) is 25.1. The number of fused-ring (bicyclic) bond motifs is 2. The summed E-state index contributed by atoms with van der Waals surface area (Å²) in [7, 11) is -3.09. The van der Waals surface area contributed by atoms with Gasteiger partial charge in [-0.1, -0.05) is 12.1 Å². The van der Waals surface area contributed by atoms with Gasteiger partial charge < -0.3 is 18.4 Å². The molecule has 0 saturated carbocycles. The molecule has 2 amide bonds. The molecule has 0 atom stereocenters. The Morgan fingerprint density at radius 1 is 0.943 bits per heavy atom. The maximum absolute atomic E-state index is 12.8. The zero-order valence-electron chi connectivity index (χ0n) is 20.2. The van der Waals surface area contributed by atoms with E-state index in [9.17, 15) is 14.2 Å². The zero-order valence-corrected chi connectivity index (χ0v) is 21.1. The third-order valence-corrected chi connectivity index (χ3v) is 7.96. The molecule has 1 aliphatic heterocycles. The summed E-state index contributed by atoms with van der Waals surface area (Å²) >= 11 is 0. The third kappa shape index (κ3) is 5.17. The SMILES string of the molecule is CCOP(=O)(CCCOc1ccc2nc(CN3C(=O)c4ccccc4C3=O)n(CC)c2c1)OCC. The number of carbonyl (C=O) groups excluding carboxylic acids is 2. The molecule has 2 heterocycles. The van der Waals surface area contributed by atoms with Gasteiger partial charge in [-0.15, -0.1) is 0 Å². The van der Waals surface area contributed by atoms with Crippen molar-refractivity contribution >= 4 is 30.4 Å². The Kier molecular flexibility index (Phi) is 7.69. The number of benzene rings is 2. The number of ether oxygens (including phenoxy) is 1. The van der Waals surface area contributed by atoms with Crippen molar-refractivity contribution in [3.8, 4) is 5.75 Å². The first-order valence-corrected chi connectivity index (χ1v) is 13.6. The molecule has 0 radical (unpaired) electrons. The fraction of sp³-hybridized carbons (Fsp3) is 0.400. The second-order valence-corrected chi connectivity index (χ2v) is 10.2. The van der Waals surface area contributed by atoms with Crippen molar-refractivity contribution < 1.29 is 27.9 Å². The van der Waals surface area contributed by atoms with Crippen LogP contribution in [-0.2, 0) is 26.7 Å². The van der Waals surface area contributed by atoms with Crippen molar-refractivity contribution in [3.63, 3.8) is 0 Å². The number of aryl methyl sites for hydroxylation is 1. The second kappa shape index (κ2) is 10.7. The predicted molar refractivity (Wildman–Crippen MR) is 132 cm³/mol. The number of hydrogen-bond donors (Lipinski definition) is 0. The van der Waals surface area contributed by atoms with Gasteiger partial charge in [0, 0.05) is 12.6 Å². The number of nitrogens with zero attached hydrogens (tertiary/aromatic N) is 3. The van der Waals surface area contributed by atoms with Crippen LogP contribution in [0.25, 0.3) is 11.0 Å². The second-order valence-electron chi connectivity index (χ2n) is 8.04. The fourth-order valence-corrected chi connectivity index (χ4v) is 5.88. The molecule has 0 aliphatic carbocycles. The molecule has 10 heteroatoms. The molecule has 0 N–H and O–H groups in total. The normalized spacial score (nSPS) is 13.6. The van der Waals surface area contributed by atoms with Gasteiger partial charge in [0.1, 0.15) is 11.6 Å². The van der Waals surface area contributed by atoms with Crippen LogP contribution in [0.3, 0.4) is 0 Å². The van der Waals surface area contributed by atoms with Gasteiger partial charge in [-0.3, -0.25) is 19.1 Å². The van der Waals surface area contributed by atoms with Crippen LogP contribution in [0.2, 0.25) is 0 Å². The first-order chi connectivity index (χ1) is 16.9. The van der Waals surface area contributed by atoms with Gasteiger partial charge >= 0.3 is 7.60 Å². The summed E-state index contributed by atoms with van der Waals surface area (Å²) in [5.41, 5.74) is 2.45. The summed E-state index contributed by atoms with van der Waals surface area (Å²) in [4.78, 5) is 31.5. The molecule has 0 fully saturated rings. The van der Waals surface area contributed by atoms with Gasteiger partial charge in [0.25, 0.3) is 11.8 Å². The number of imidazole rings is 1. The van der Waals surface area contributed by atoms with Crippen molar-refractivity contribution in [2.24, 2.45) is 0 Å². The minimum absolute atomic E-state index is 0.0925. The molecule has 1 aromatic heterocycles. The Morgan fingerprint density at radius 3 is 2.20 bits per heavy atom. The maximum atomic E-state index is 12.8. The summed E-state index contributed by atoms with van der Waals surface area (Å²) in [5.74, 6) is 0.673. The Bertz CT molecular complexity index is 1240. The molecule has 2 aromatic carbocycles. The number of aromatic nitrogens is 2. The minimum Gasteiger partial charge on any atom is -0.493 e. The zero-order chi connectivity index (χ0) is 25.0. The molecule has 9 nitrogen and oxygen atoms in total. The van der Waals surface area contributed by atoms with Gasteiger partial charge in [0.15, 0.2) is 0 Å². The molecule has 4 rings (SSSR count). The molecule has 0 saturated heterocycles. The summed E-state index contributed by atoms with van der Waals surface area (Å²) in [5, 5.41) is 0. The Hall–Kier alpha value is -3.00. The van der Waals surface area contributed by atoms with Gasteiger partial charge in [-0.25, -0.2) is 4.98 Å². The number of carbonyl (C=O) groups is 2. The number of rotatable bonds is 12. The average Bonchev–Trinajstić information content (AvgIpc) is 3.32. The van der Waals surface area contributed by atoms with Gasteiger partial charge in [-0.2, -0.15) is 0 Å². The minimum atomic E-state index is -3.09. The van der Waals surface area contributed by atoms with Crippen LogP contribution in [-0.4, -0.2) is 52.2 Å². The van der Waals surface area contributed by atoms with Gasteiger partial charge in [0.05, 0.1) is 54.7 Å². The third-order valence-electron chi connectivity index (χ3n) is 5.79. The molecule has 0 bridgehead atoms. The highest BCUT2D eigenvalue weighted by molar-refractivity contribution is 7.53. The largest absolute Gasteiger partial charge is 0.493 e. The van der Waals surface area contributed by atoms with E-state index in [1.165, 1.54) is 4.90 Å². The van der Waals surface area contributed by atoms with Crippen LogP contribution in [0.4, 0.5) is 0 Å². The standard InChI is InChI=1S/C25H30N3O6P/c1-4-27-22-16-18(32-14-9-15-35(31,33-5-2)34-6-3)12-13-21(22)26-23(27)17-28-24(29)19-10-7-8-11-20(19)25(28)30/h7-8,10-13,16H,4-6,9,14-15,17H2,1-3H3. The quantitative estimate of drug-likeness (QED) is 0.199. The molecule has 186 valence electrons. The molecule has 1 aliphatic rings. The summed E-state index contributed by atoms with van der Waals surface area (Å²) in [6, 6.07) is 12.4. The predicted octanol–water partition coefficient (Wildman–Crippen LogP) is 4.89. The monoisotopic (exact) mass is 499 g/mol. The average molecular weight is 500 g/mol. The maximum Gasteiger partial charge on any atom is 0.330 e. The summed E-state index contributed by atoms with van der Waals surface area (Å²) in [6.45, 7) is 7.29. The van der Waals surface area contributed by atoms with E-state index in [1.807, 2.05) is 29.7 Å². The summed E-state index contributed by atoms with van der Waals surface area (Å²) in [6.07, 6.45) is 0.807. The highest BCUT2D eigenvalue weighted by atomic mass is 31.2. The van der Waals surface area contributed by atoms with Crippen LogP contribution in [0.5, 0.6) is 5.75 Å². The van der Waals surface area contributed by atoms with E-state index in [2.05, 4.69) is 4.98 Å². The molecule has 0 spiro atoms. The first-order valence-electron chi connectivity index (χ1n) is 11.9.